The van der Waals surface area contributed by atoms with Crippen molar-refractivity contribution in [2.75, 3.05) is 0 Å². The van der Waals surface area contributed by atoms with Crippen molar-refractivity contribution in [2.24, 2.45) is 5.92 Å². The molecule has 2 unspecified atom stereocenters. The molecule has 1 saturated carbocycles. The number of hydrogen-bond acceptors (Lipinski definition) is 2. The Labute approximate surface area is 85.8 Å². The van der Waals surface area contributed by atoms with Crippen LogP contribution in [0.3, 0.4) is 0 Å². The molecule has 2 atom stereocenters. The summed E-state index contributed by atoms with van der Waals surface area (Å²) < 4.78 is -1.75. The van der Waals surface area contributed by atoms with Crippen LogP contribution in [-0.2, 0) is 4.79 Å². The number of aliphatic hydroxyl groups is 1. The lowest BCUT2D eigenvalue weighted by Crippen LogP contribution is -2.35. The fraction of sp³-hybridized carbons (Fsp3) is 0.857. The van der Waals surface area contributed by atoms with Crippen LogP contribution in [0.2, 0.25) is 0 Å². The third-order valence-corrected chi connectivity index (χ3v) is 2.74. The van der Waals surface area contributed by atoms with Gasteiger partial charge in [-0.1, -0.05) is 34.8 Å². The predicted octanol–water partition coefficient (Wildman–Crippen LogP) is 2.09. The molecule has 2 nitrogen and oxygen atoms in total. The summed E-state index contributed by atoms with van der Waals surface area (Å²) in [4.78, 5) is 11.1. The highest BCUT2D eigenvalue weighted by Crippen LogP contribution is 2.38. The number of rotatable bonds is 1. The van der Waals surface area contributed by atoms with E-state index >= 15 is 0 Å². The lowest BCUT2D eigenvalue weighted by Gasteiger charge is -2.23. The number of alkyl halides is 3. The molecule has 12 heavy (non-hydrogen) atoms. The molecule has 1 rings (SSSR count). The van der Waals surface area contributed by atoms with E-state index in [-0.39, 0.29) is 5.78 Å². The van der Waals surface area contributed by atoms with Gasteiger partial charge in [0.25, 0.3) is 0 Å². The molecule has 0 aromatic rings. The summed E-state index contributed by atoms with van der Waals surface area (Å²) in [5.41, 5.74) is 0. The van der Waals surface area contributed by atoms with E-state index in [4.69, 9.17) is 34.8 Å². The molecule has 0 aromatic carbocycles. The third kappa shape index (κ3) is 2.25. The lowest BCUT2D eigenvalue weighted by atomic mass is 10.0. The van der Waals surface area contributed by atoms with Crippen LogP contribution in [-0.4, -0.2) is 20.8 Å². The minimum atomic E-state index is -1.75. The number of ketones is 1. The molecule has 0 heterocycles. The van der Waals surface area contributed by atoms with Crippen molar-refractivity contribution in [3.8, 4) is 0 Å². The molecule has 0 radical (unpaired) electrons. The van der Waals surface area contributed by atoms with Crippen molar-refractivity contribution < 1.29 is 9.90 Å². The van der Waals surface area contributed by atoms with Gasteiger partial charge in [-0.2, -0.15) is 0 Å². The molecule has 0 spiro atoms. The Morgan fingerprint density at radius 3 is 2.42 bits per heavy atom. The lowest BCUT2D eigenvalue weighted by molar-refractivity contribution is -0.123. The van der Waals surface area contributed by atoms with E-state index in [2.05, 4.69) is 0 Å². The highest BCUT2D eigenvalue weighted by Gasteiger charge is 2.42. The Bertz CT molecular complexity index is 188. The van der Waals surface area contributed by atoms with Gasteiger partial charge in [0, 0.05) is 12.3 Å². The Hall–Kier alpha value is 0.500. The van der Waals surface area contributed by atoms with Gasteiger partial charge in [0.2, 0.25) is 3.79 Å². The highest BCUT2D eigenvalue weighted by atomic mass is 35.6. The molecule has 1 aliphatic carbocycles. The highest BCUT2D eigenvalue weighted by molar-refractivity contribution is 6.68. The second kappa shape index (κ2) is 3.70. The van der Waals surface area contributed by atoms with Gasteiger partial charge in [0.15, 0.2) is 0 Å². The largest absolute Gasteiger partial charge is 0.388 e. The zero-order valence-electron chi connectivity index (χ0n) is 6.27. The topological polar surface area (TPSA) is 37.3 Å². The van der Waals surface area contributed by atoms with E-state index < -0.39 is 15.8 Å². The molecular weight excluding hydrogens is 222 g/mol. The smallest absolute Gasteiger partial charge is 0.216 e. The van der Waals surface area contributed by atoms with E-state index in [1.165, 1.54) is 0 Å². The SMILES string of the molecule is O=C1CCCC1C(O)C(Cl)(Cl)Cl. The molecule has 1 aliphatic rings. The summed E-state index contributed by atoms with van der Waals surface area (Å²) in [5, 5.41) is 9.44. The first kappa shape index (κ1) is 10.6. The van der Waals surface area contributed by atoms with E-state index in [0.29, 0.717) is 12.8 Å². The second-order valence-corrected chi connectivity index (χ2v) is 5.32. The maximum Gasteiger partial charge on any atom is 0.216 e. The van der Waals surface area contributed by atoms with Crippen molar-refractivity contribution >= 4 is 40.6 Å². The van der Waals surface area contributed by atoms with Crippen LogP contribution in [0.4, 0.5) is 0 Å². The number of carbonyl (C=O) groups excluding carboxylic acids is 1. The van der Waals surface area contributed by atoms with E-state index in [1.807, 2.05) is 0 Å². The first-order valence-electron chi connectivity index (χ1n) is 3.70. The third-order valence-electron chi connectivity index (χ3n) is 2.07. The maximum atomic E-state index is 11.1. The maximum absolute atomic E-state index is 11.1. The van der Waals surface area contributed by atoms with Crippen molar-refractivity contribution in [3.63, 3.8) is 0 Å². The standard InChI is InChI=1S/C7H9Cl3O2/c8-7(9,10)6(12)4-2-1-3-5(4)11/h4,6,12H,1-3H2. The number of aliphatic hydroxyl groups excluding tert-OH is 1. The molecule has 70 valence electrons. The normalized spacial score (nSPS) is 27.7. The van der Waals surface area contributed by atoms with Crippen LogP contribution >= 0.6 is 34.8 Å². The first-order chi connectivity index (χ1) is 5.43. The van der Waals surface area contributed by atoms with Crippen molar-refractivity contribution in [2.45, 2.75) is 29.2 Å². The molecule has 0 bridgehead atoms. The van der Waals surface area contributed by atoms with E-state index in [1.54, 1.807) is 0 Å². The molecule has 0 amide bonds. The van der Waals surface area contributed by atoms with Crippen LogP contribution < -0.4 is 0 Å². The van der Waals surface area contributed by atoms with E-state index in [0.717, 1.165) is 6.42 Å². The summed E-state index contributed by atoms with van der Waals surface area (Å²) in [6.45, 7) is 0. The van der Waals surface area contributed by atoms with Gasteiger partial charge >= 0.3 is 0 Å². The van der Waals surface area contributed by atoms with Crippen LogP contribution in [0.1, 0.15) is 19.3 Å². The summed E-state index contributed by atoms with van der Waals surface area (Å²) >= 11 is 16.4. The minimum absolute atomic E-state index is 0.00572. The van der Waals surface area contributed by atoms with Gasteiger partial charge in [0.1, 0.15) is 11.9 Å². The number of halogens is 3. The minimum Gasteiger partial charge on any atom is -0.388 e. The van der Waals surface area contributed by atoms with Gasteiger partial charge < -0.3 is 5.11 Å². The van der Waals surface area contributed by atoms with Crippen molar-refractivity contribution in [1.29, 1.82) is 0 Å². The fourth-order valence-electron chi connectivity index (χ4n) is 1.40. The van der Waals surface area contributed by atoms with Gasteiger partial charge in [-0.15, -0.1) is 0 Å². The fourth-order valence-corrected chi connectivity index (χ4v) is 1.86. The molecule has 1 fully saturated rings. The van der Waals surface area contributed by atoms with Gasteiger partial charge in [-0.05, 0) is 12.8 Å². The molecule has 0 aromatic heterocycles. The van der Waals surface area contributed by atoms with Crippen molar-refractivity contribution in [1.82, 2.24) is 0 Å². The molecule has 0 saturated heterocycles. The first-order valence-corrected chi connectivity index (χ1v) is 4.84. The molecule has 5 heteroatoms. The quantitative estimate of drug-likeness (QED) is 0.702. The Balaban J connectivity index is 2.63. The van der Waals surface area contributed by atoms with Crippen LogP contribution in [0.5, 0.6) is 0 Å². The van der Waals surface area contributed by atoms with Crippen LogP contribution in [0.25, 0.3) is 0 Å². The predicted molar refractivity (Wildman–Crippen MR) is 48.6 cm³/mol. The van der Waals surface area contributed by atoms with Gasteiger partial charge in [-0.25, -0.2) is 0 Å². The number of Topliss-reactive ketones (excluding diaryl/α,β-unsaturated/α-hetero) is 1. The summed E-state index contributed by atoms with van der Waals surface area (Å²) in [5.74, 6) is -0.494. The summed E-state index contributed by atoms with van der Waals surface area (Å²) in [6, 6.07) is 0. The average Bonchev–Trinajstić information content (AvgIpc) is 2.31. The van der Waals surface area contributed by atoms with Gasteiger partial charge in [-0.3, -0.25) is 4.79 Å². The molecule has 1 N–H and O–H groups in total. The Morgan fingerprint density at radius 1 is 1.50 bits per heavy atom. The summed E-state index contributed by atoms with van der Waals surface area (Å²) in [7, 11) is 0. The molecule has 0 aliphatic heterocycles. The zero-order chi connectivity index (χ0) is 9.35. The number of carbonyl (C=O) groups is 1. The number of hydrogen-bond donors (Lipinski definition) is 1. The zero-order valence-corrected chi connectivity index (χ0v) is 8.53. The van der Waals surface area contributed by atoms with Crippen molar-refractivity contribution in [3.05, 3.63) is 0 Å². The monoisotopic (exact) mass is 230 g/mol. The van der Waals surface area contributed by atoms with Crippen LogP contribution in [0, 0.1) is 5.92 Å². The van der Waals surface area contributed by atoms with Crippen LogP contribution in [0.15, 0.2) is 0 Å². The Morgan fingerprint density at radius 2 is 2.08 bits per heavy atom. The average molecular weight is 232 g/mol. The Kier molecular flexibility index (Phi) is 3.27. The van der Waals surface area contributed by atoms with Gasteiger partial charge in [0.05, 0.1) is 0 Å². The second-order valence-electron chi connectivity index (χ2n) is 2.95. The molecular formula is C7H9Cl3O2. The summed E-state index contributed by atoms with van der Waals surface area (Å²) in [6.07, 6.45) is 0.718. The van der Waals surface area contributed by atoms with E-state index in [9.17, 15) is 9.90 Å².